The summed E-state index contributed by atoms with van der Waals surface area (Å²) in [5.74, 6) is 2.19. The van der Waals surface area contributed by atoms with Gasteiger partial charge in [-0.1, -0.05) is 0 Å². The van der Waals surface area contributed by atoms with E-state index in [1.165, 1.54) is 18.3 Å². The van der Waals surface area contributed by atoms with E-state index in [-0.39, 0.29) is 10.8 Å². The van der Waals surface area contributed by atoms with Crippen molar-refractivity contribution in [3.63, 3.8) is 0 Å². The highest BCUT2D eigenvalue weighted by Gasteiger charge is 2.09. The van der Waals surface area contributed by atoms with Crippen molar-refractivity contribution in [2.45, 2.75) is 18.7 Å². The van der Waals surface area contributed by atoms with Gasteiger partial charge < -0.3 is 15.1 Å². The summed E-state index contributed by atoms with van der Waals surface area (Å²) in [6.07, 6.45) is 1.48. The van der Waals surface area contributed by atoms with Crippen molar-refractivity contribution in [3.8, 4) is 11.3 Å². The van der Waals surface area contributed by atoms with Gasteiger partial charge in [0.2, 0.25) is 27.9 Å². The minimum Gasteiger partial charge on any atom is -0.455 e. The molecule has 0 saturated carbocycles. The molecular weight excluding hydrogens is 408 g/mol. The maximum Gasteiger partial charge on any atom is 0.250 e. The Hall–Kier alpha value is -3.51. The Balaban J connectivity index is 1.70. The van der Waals surface area contributed by atoms with Gasteiger partial charge in [-0.3, -0.25) is 0 Å². The number of hydrogen-bond donors (Lipinski definition) is 4. The van der Waals surface area contributed by atoms with Crippen molar-refractivity contribution in [3.05, 3.63) is 42.2 Å². The first-order valence-corrected chi connectivity index (χ1v) is 10.7. The molecule has 0 aliphatic heterocycles. The number of aromatic nitrogens is 3. The van der Waals surface area contributed by atoms with Gasteiger partial charge in [0, 0.05) is 18.7 Å². The van der Waals surface area contributed by atoms with E-state index < -0.39 is 10.0 Å². The molecule has 158 valence electrons. The highest BCUT2D eigenvalue weighted by molar-refractivity contribution is 7.89. The molecule has 0 amide bonds. The minimum absolute atomic E-state index is 0.0370. The summed E-state index contributed by atoms with van der Waals surface area (Å²) in [4.78, 5) is 12.7. The quantitative estimate of drug-likeness (QED) is 0.294. The van der Waals surface area contributed by atoms with Crippen LogP contribution in [0.1, 0.15) is 19.6 Å². The smallest absolute Gasteiger partial charge is 0.250 e. The van der Waals surface area contributed by atoms with Gasteiger partial charge in [0.15, 0.2) is 0 Å². The van der Waals surface area contributed by atoms with Gasteiger partial charge in [-0.2, -0.15) is 20.1 Å². The summed E-state index contributed by atoms with van der Waals surface area (Å²) < 4.78 is 28.4. The number of nitrogens with two attached hydrogens (primary N) is 1. The fraction of sp³-hybridized carbons (Fsp3) is 0.222. The van der Waals surface area contributed by atoms with E-state index in [9.17, 15) is 8.42 Å². The normalized spacial score (nSPS) is 11.6. The summed E-state index contributed by atoms with van der Waals surface area (Å²) in [6, 6.07) is 9.57. The Labute approximate surface area is 173 Å². The number of sulfonamides is 1. The average molecular weight is 430 g/mol. The summed E-state index contributed by atoms with van der Waals surface area (Å²) in [5, 5.41) is 15.3. The predicted octanol–water partition coefficient (Wildman–Crippen LogP) is 2.09. The van der Waals surface area contributed by atoms with E-state index in [0.29, 0.717) is 42.1 Å². The van der Waals surface area contributed by atoms with Crippen LogP contribution in [-0.2, 0) is 10.0 Å². The van der Waals surface area contributed by atoms with Crippen LogP contribution in [0.5, 0.6) is 0 Å². The van der Waals surface area contributed by atoms with E-state index in [1.807, 2.05) is 13.8 Å². The lowest BCUT2D eigenvalue weighted by atomic mass is 10.2. The van der Waals surface area contributed by atoms with Crippen LogP contribution < -0.4 is 21.2 Å². The maximum absolute atomic E-state index is 11.3. The van der Waals surface area contributed by atoms with Crippen LogP contribution in [0.4, 0.5) is 17.8 Å². The lowest BCUT2D eigenvalue weighted by Crippen LogP contribution is -2.11. The Morgan fingerprint density at radius 1 is 0.967 bits per heavy atom. The van der Waals surface area contributed by atoms with Crippen molar-refractivity contribution in [1.82, 2.24) is 15.0 Å². The van der Waals surface area contributed by atoms with Crippen molar-refractivity contribution < 1.29 is 12.8 Å². The summed E-state index contributed by atoms with van der Waals surface area (Å²) in [5.41, 5.74) is 3.46. The number of anilines is 3. The highest BCUT2D eigenvalue weighted by Crippen LogP contribution is 2.23. The van der Waals surface area contributed by atoms with Gasteiger partial charge in [-0.25, -0.2) is 19.0 Å². The third-order valence-corrected chi connectivity index (χ3v) is 4.68. The first-order chi connectivity index (χ1) is 14.4. The second kappa shape index (κ2) is 9.33. The standard InChI is InChI=1S/C18H22N8O3S/c1-3-20-16-23-17(21-4-2)25-18(24-16)26-22-11-13-7-10-15(29-13)12-5-8-14(9-6-12)30(19,27)28/h5-11H,3-4H2,1-2H3,(H2,19,27,28)(H3,20,21,23,24,25,26)/b22-11+. The summed E-state index contributed by atoms with van der Waals surface area (Å²) >= 11 is 0. The number of nitrogens with zero attached hydrogens (tertiary/aromatic N) is 4. The van der Waals surface area contributed by atoms with Crippen LogP contribution in [0.25, 0.3) is 11.3 Å². The molecule has 12 heteroatoms. The number of nitrogens with one attached hydrogen (secondary N) is 3. The topological polar surface area (TPSA) is 160 Å². The summed E-state index contributed by atoms with van der Waals surface area (Å²) in [6.45, 7) is 5.23. The molecule has 30 heavy (non-hydrogen) atoms. The fourth-order valence-corrected chi connectivity index (χ4v) is 2.96. The van der Waals surface area contributed by atoms with Gasteiger partial charge in [-0.15, -0.1) is 0 Å². The molecular formula is C18H22N8O3S. The van der Waals surface area contributed by atoms with Crippen molar-refractivity contribution in [1.29, 1.82) is 0 Å². The van der Waals surface area contributed by atoms with Gasteiger partial charge in [0.05, 0.1) is 11.1 Å². The highest BCUT2D eigenvalue weighted by atomic mass is 32.2. The molecule has 11 nitrogen and oxygen atoms in total. The molecule has 0 aliphatic carbocycles. The molecule has 1 aromatic carbocycles. The van der Waals surface area contributed by atoms with Gasteiger partial charge in [0.1, 0.15) is 11.5 Å². The molecule has 3 rings (SSSR count). The van der Waals surface area contributed by atoms with Crippen LogP contribution >= 0.6 is 0 Å². The van der Waals surface area contributed by atoms with Crippen LogP contribution in [0.15, 0.2) is 50.8 Å². The number of rotatable bonds is 9. The zero-order chi connectivity index (χ0) is 21.6. The molecule has 0 fully saturated rings. The molecule has 3 aromatic rings. The van der Waals surface area contributed by atoms with Crippen molar-refractivity contribution >= 4 is 34.1 Å². The monoisotopic (exact) mass is 430 g/mol. The number of hydrogen-bond acceptors (Lipinski definition) is 10. The third kappa shape index (κ3) is 5.52. The number of primary sulfonamides is 1. The minimum atomic E-state index is -3.73. The zero-order valence-corrected chi connectivity index (χ0v) is 17.3. The predicted molar refractivity (Wildman–Crippen MR) is 115 cm³/mol. The van der Waals surface area contributed by atoms with E-state index in [1.54, 1.807) is 24.3 Å². The lowest BCUT2D eigenvalue weighted by molar-refractivity contribution is 0.575. The molecule has 0 radical (unpaired) electrons. The second-order valence-electron chi connectivity index (χ2n) is 6.01. The third-order valence-electron chi connectivity index (χ3n) is 3.76. The van der Waals surface area contributed by atoms with Crippen molar-refractivity contribution in [2.75, 3.05) is 29.1 Å². The average Bonchev–Trinajstić information content (AvgIpc) is 3.17. The molecule has 0 spiro atoms. The van der Waals surface area contributed by atoms with Gasteiger partial charge >= 0.3 is 0 Å². The molecule has 0 aliphatic rings. The SMILES string of the molecule is CCNc1nc(NCC)nc(N/N=C/c2ccc(-c3ccc(S(N)(=O)=O)cc3)o2)n1. The molecule has 0 saturated heterocycles. The van der Waals surface area contributed by atoms with Crippen LogP contribution in [-0.4, -0.2) is 42.7 Å². The molecule has 0 bridgehead atoms. The fourth-order valence-electron chi connectivity index (χ4n) is 2.44. The number of furan rings is 1. The lowest BCUT2D eigenvalue weighted by Gasteiger charge is -2.07. The Kier molecular flexibility index (Phi) is 6.59. The zero-order valence-electron chi connectivity index (χ0n) is 16.5. The molecule has 2 heterocycles. The molecule has 0 unspecified atom stereocenters. The van der Waals surface area contributed by atoms with Gasteiger partial charge in [-0.05, 0) is 50.2 Å². The molecule has 5 N–H and O–H groups in total. The van der Waals surface area contributed by atoms with E-state index in [2.05, 4.69) is 36.1 Å². The Morgan fingerprint density at radius 2 is 1.57 bits per heavy atom. The largest absolute Gasteiger partial charge is 0.455 e. The summed E-state index contributed by atoms with van der Waals surface area (Å²) in [7, 11) is -3.73. The van der Waals surface area contributed by atoms with Gasteiger partial charge in [0.25, 0.3) is 0 Å². The molecule has 2 aromatic heterocycles. The first kappa shape index (κ1) is 21.2. The first-order valence-electron chi connectivity index (χ1n) is 9.15. The van der Waals surface area contributed by atoms with E-state index in [4.69, 9.17) is 9.56 Å². The second-order valence-corrected chi connectivity index (χ2v) is 7.57. The van der Waals surface area contributed by atoms with E-state index >= 15 is 0 Å². The van der Waals surface area contributed by atoms with Crippen LogP contribution in [0.2, 0.25) is 0 Å². The number of hydrazone groups is 1. The van der Waals surface area contributed by atoms with Crippen LogP contribution in [0.3, 0.4) is 0 Å². The van der Waals surface area contributed by atoms with Crippen molar-refractivity contribution in [2.24, 2.45) is 10.2 Å². The van der Waals surface area contributed by atoms with Crippen LogP contribution in [0, 0.1) is 0 Å². The van der Waals surface area contributed by atoms with E-state index in [0.717, 1.165) is 0 Å². The molecule has 0 atom stereocenters. The Bertz CT molecular complexity index is 1100. The number of benzene rings is 1. The maximum atomic E-state index is 11.3. The Morgan fingerprint density at radius 3 is 2.13 bits per heavy atom.